The van der Waals surface area contributed by atoms with Gasteiger partial charge >= 0.3 is 6.03 Å². The third kappa shape index (κ3) is 2.58. The van der Waals surface area contributed by atoms with E-state index in [1.807, 2.05) is 29.2 Å². The Bertz CT molecular complexity index is 414. The molecule has 0 unspecified atom stereocenters. The molecule has 1 aromatic rings. The number of carbonyl (C=O) groups excluding carboxylic acids is 1. The fourth-order valence-corrected chi connectivity index (χ4v) is 2.31. The van der Waals surface area contributed by atoms with Gasteiger partial charge in [0.2, 0.25) is 0 Å². The average molecular weight is 248 g/mol. The van der Waals surface area contributed by atoms with Gasteiger partial charge in [-0.05, 0) is 31.4 Å². The number of amides is 2. The Labute approximate surface area is 108 Å². The van der Waals surface area contributed by atoms with Crippen LogP contribution in [0.25, 0.3) is 0 Å². The highest BCUT2D eigenvalue weighted by Crippen LogP contribution is 2.27. The van der Waals surface area contributed by atoms with Gasteiger partial charge in [-0.2, -0.15) is 0 Å². The molecule has 0 N–H and O–H groups in total. The maximum absolute atomic E-state index is 12.4. The van der Waals surface area contributed by atoms with Gasteiger partial charge in [-0.15, -0.1) is 0 Å². The predicted molar refractivity (Wildman–Crippen MR) is 72.2 cm³/mol. The Morgan fingerprint density at radius 2 is 1.89 bits per heavy atom. The lowest BCUT2D eigenvalue weighted by Gasteiger charge is -2.31. The number of piperidine rings is 1. The number of carbonyl (C=O) groups is 1. The summed E-state index contributed by atoms with van der Waals surface area (Å²) >= 11 is 0. The number of rotatable bonds is 2. The van der Waals surface area contributed by atoms with Crippen LogP contribution in [0.4, 0.5) is 10.5 Å². The number of ether oxygens (including phenoxy) is 1. The van der Waals surface area contributed by atoms with Gasteiger partial charge in [0.25, 0.3) is 0 Å². The Morgan fingerprint density at radius 1 is 1.22 bits per heavy atom. The molecule has 98 valence electrons. The van der Waals surface area contributed by atoms with E-state index in [0.29, 0.717) is 0 Å². The minimum absolute atomic E-state index is 0.0548. The highest BCUT2D eigenvalue weighted by Gasteiger charge is 2.22. The molecule has 0 bridgehead atoms. The summed E-state index contributed by atoms with van der Waals surface area (Å²) in [5.41, 5.74) is 0.815. The maximum Gasteiger partial charge on any atom is 0.324 e. The minimum atomic E-state index is 0.0548. The largest absolute Gasteiger partial charge is 0.495 e. The van der Waals surface area contributed by atoms with Crippen LogP contribution < -0.4 is 9.64 Å². The van der Waals surface area contributed by atoms with Crippen LogP contribution in [0, 0.1) is 0 Å². The third-order valence-corrected chi connectivity index (χ3v) is 3.36. The average Bonchev–Trinajstić information content (AvgIpc) is 2.46. The van der Waals surface area contributed by atoms with Crippen LogP contribution in [0.2, 0.25) is 0 Å². The summed E-state index contributed by atoms with van der Waals surface area (Å²) in [7, 11) is 3.42. The van der Waals surface area contributed by atoms with Crippen LogP contribution in [0.5, 0.6) is 5.75 Å². The molecule has 2 amide bonds. The van der Waals surface area contributed by atoms with E-state index < -0.39 is 0 Å². The molecular formula is C14H20N2O2. The first-order valence-corrected chi connectivity index (χ1v) is 6.39. The van der Waals surface area contributed by atoms with E-state index in [-0.39, 0.29) is 6.03 Å². The first-order valence-electron chi connectivity index (χ1n) is 6.39. The summed E-state index contributed by atoms with van der Waals surface area (Å²) in [6.07, 6.45) is 3.43. The minimum Gasteiger partial charge on any atom is -0.495 e. The summed E-state index contributed by atoms with van der Waals surface area (Å²) in [5.74, 6) is 0.727. The number of methoxy groups -OCH3 is 1. The number of hydrogen-bond donors (Lipinski definition) is 0. The molecule has 1 fully saturated rings. The van der Waals surface area contributed by atoms with Gasteiger partial charge in [0.05, 0.1) is 12.8 Å². The standard InChI is InChI=1S/C14H20N2O2/c1-15(12-8-4-5-9-13(12)18-2)14(17)16-10-6-3-7-11-16/h4-5,8-9H,3,6-7,10-11H2,1-2H3. The second-order valence-corrected chi connectivity index (χ2v) is 4.56. The number of para-hydroxylation sites is 2. The van der Waals surface area contributed by atoms with Crippen molar-refractivity contribution in [1.82, 2.24) is 4.90 Å². The number of nitrogens with zero attached hydrogens (tertiary/aromatic N) is 2. The molecule has 0 saturated carbocycles. The highest BCUT2D eigenvalue weighted by atomic mass is 16.5. The molecular weight excluding hydrogens is 228 g/mol. The fourth-order valence-electron chi connectivity index (χ4n) is 2.31. The molecule has 1 heterocycles. The van der Waals surface area contributed by atoms with Crippen LogP contribution in [-0.2, 0) is 0 Å². The van der Waals surface area contributed by atoms with Crippen LogP contribution in [-0.4, -0.2) is 38.2 Å². The van der Waals surface area contributed by atoms with Gasteiger partial charge in [0.15, 0.2) is 0 Å². The summed E-state index contributed by atoms with van der Waals surface area (Å²) in [6.45, 7) is 1.72. The Morgan fingerprint density at radius 3 is 2.56 bits per heavy atom. The third-order valence-electron chi connectivity index (χ3n) is 3.36. The quantitative estimate of drug-likeness (QED) is 0.806. The van der Waals surface area contributed by atoms with Gasteiger partial charge in [0, 0.05) is 20.1 Å². The first kappa shape index (κ1) is 12.7. The van der Waals surface area contributed by atoms with Gasteiger partial charge in [0.1, 0.15) is 5.75 Å². The lowest BCUT2D eigenvalue weighted by molar-refractivity contribution is 0.194. The maximum atomic E-state index is 12.4. The van der Waals surface area contributed by atoms with Crippen LogP contribution in [0.1, 0.15) is 19.3 Å². The van der Waals surface area contributed by atoms with E-state index in [0.717, 1.165) is 37.4 Å². The van der Waals surface area contributed by atoms with Crippen molar-refractivity contribution in [2.75, 3.05) is 32.1 Å². The molecule has 0 spiro atoms. The van der Waals surface area contributed by atoms with Crippen molar-refractivity contribution in [3.8, 4) is 5.75 Å². The second-order valence-electron chi connectivity index (χ2n) is 4.56. The molecule has 1 aromatic carbocycles. The monoisotopic (exact) mass is 248 g/mol. The molecule has 0 aromatic heterocycles. The number of benzene rings is 1. The number of anilines is 1. The van der Waals surface area contributed by atoms with Crippen molar-refractivity contribution in [3.05, 3.63) is 24.3 Å². The molecule has 4 nitrogen and oxygen atoms in total. The number of urea groups is 1. The zero-order valence-corrected chi connectivity index (χ0v) is 11.1. The lowest BCUT2D eigenvalue weighted by Crippen LogP contribution is -2.43. The summed E-state index contributed by atoms with van der Waals surface area (Å²) in [5, 5.41) is 0. The highest BCUT2D eigenvalue weighted by molar-refractivity contribution is 5.93. The zero-order chi connectivity index (χ0) is 13.0. The molecule has 1 aliphatic rings. The van der Waals surface area contributed by atoms with E-state index in [1.165, 1.54) is 6.42 Å². The molecule has 0 radical (unpaired) electrons. The molecule has 0 atom stereocenters. The van der Waals surface area contributed by atoms with Gasteiger partial charge in [-0.3, -0.25) is 4.90 Å². The lowest BCUT2D eigenvalue weighted by atomic mass is 10.1. The molecule has 18 heavy (non-hydrogen) atoms. The normalized spacial score (nSPS) is 15.3. The van der Waals surface area contributed by atoms with Crippen molar-refractivity contribution in [2.24, 2.45) is 0 Å². The second kappa shape index (κ2) is 5.76. The Kier molecular flexibility index (Phi) is 4.07. The fraction of sp³-hybridized carbons (Fsp3) is 0.500. The summed E-state index contributed by atoms with van der Waals surface area (Å²) in [6, 6.07) is 7.65. The van der Waals surface area contributed by atoms with Crippen molar-refractivity contribution in [2.45, 2.75) is 19.3 Å². The van der Waals surface area contributed by atoms with Crippen LogP contribution >= 0.6 is 0 Å². The molecule has 0 aliphatic carbocycles. The van der Waals surface area contributed by atoms with Crippen molar-refractivity contribution in [1.29, 1.82) is 0 Å². The Hall–Kier alpha value is -1.71. The van der Waals surface area contributed by atoms with Crippen molar-refractivity contribution >= 4 is 11.7 Å². The van der Waals surface area contributed by atoms with Gasteiger partial charge in [-0.1, -0.05) is 12.1 Å². The SMILES string of the molecule is COc1ccccc1N(C)C(=O)N1CCCCC1. The van der Waals surface area contributed by atoms with Crippen LogP contribution in [0.15, 0.2) is 24.3 Å². The topological polar surface area (TPSA) is 32.8 Å². The molecule has 1 saturated heterocycles. The van der Waals surface area contributed by atoms with E-state index in [9.17, 15) is 4.79 Å². The van der Waals surface area contributed by atoms with E-state index >= 15 is 0 Å². The zero-order valence-electron chi connectivity index (χ0n) is 11.1. The van der Waals surface area contributed by atoms with E-state index in [4.69, 9.17) is 4.74 Å². The molecule has 2 rings (SSSR count). The van der Waals surface area contributed by atoms with Gasteiger partial charge < -0.3 is 9.64 Å². The smallest absolute Gasteiger partial charge is 0.324 e. The first-order chi connectivity index (χ1) is 8.74. The van der Waals surface area contributed by atoms with E-state index in [2.05, 4.69) is 0 Å². The molecule has 1 aliphatic heterocycles. The van der Waals surface area contributed by atoms with Crippen molar-refractivity contribution in [3.63, 3.8) is 0 Å². The Balaban J connectivity index is 2.14. The van der Waals surface area contributed by atoms with Gasteiger partial charge in [-0.25, -0.2) is 4.79 Å². The summed E-state index contributed by atoms with van der Waals surface area (Å²) in [4.78, 5) is 15.9. The van der Waals surface area contributed by atoms with E-state index in [1.54, 1.807) is 19.1 Å². The summed E-state index contributed by atoms with van der Waals surface area (Å²) < 4.78 is 5.29. The predicted octanol–water partition coefficient (Wildman–Crippen LogP) is 2.74. The number of likely N-dealkylation sites (tertiary alicyclic amines) is 1. The number of hydrogen-bond acceptors (Lipinski definition) is 2. The van der Waals surface area contributed by atoms with Crippen LogP contribution in [0.3, 0.4) is 0 Å². The van der Waals surface area contributed by atoms with Crippen molar-refractivity contribution < 1.29 is 9.53 Å². The molecule has 4 heteroatoms.